The largest absolute Gasteiger partial charge is 0.476 e. The molecule has 0 bridgehead atoms. The molecule has 0 unspecified atom stereocenters. The number of rotatable bonds is 7. The van der Waals surface area contributed by atoms with E-state index >= 15 is 0 Å². The summed E-state index contributed by atoms with van der Waals surface area (Å²) in [4.78, 5) is 41.4. The number of nitrogens with one attached hydrogen (secondary N) is 1. The van der Waals surface area contributed by atoms with Gasteiger partial charge in [-0.3, -0.25) is 19.7 Å². The summed E-state index contributed by atoms with van der Waals surface area (Å²) in [6.07, 6.45) is 1.28. The van der Waals surface area contributed by atoms with Gasteiger partial charge in [-0.05, 0) is 48.5 Å². The monoisotopic (exact) mass is 645 g/mol. The van der Waals surface area contributed by atoms with Crippen LogP contribution >= 0.6 is 39.1 Å². The molecule has 0 aliphatic rings. The summed E-state index contributed by atoms with van der Waals surface area (Å²) in [7, 11) is 0. The van der Waals surface area contributed by atoms with Crippen LogP contribution in [0.25, 0.3) is 10.9 Å². The predicted molar refractivity (Wildman–Crippen MR) is 159 cm³/mol. The number of amides is 1. The van der Waals surface area contributed by atoms with Crippen LogP contribution in [-0.2, 0) is 10.2 Å². The van der Waals surface area contributed by atoms with Crippen molar-refractivity contribution in [3.63, 3.8) is 0 Å². The number of aromatic nitrogens is 2. The molecule has 0 aliphatic heterocycles. The minimum absolute atomic E-state index is 0.112. The molecule has 206 valence electrons. The topological polar surface area (TPSA) is 129 Å². The Hall–Kier alpha value is -3.80. The number of carbonyl (C=O) groups is 1. The van der Waals surface area contributed by atoms with Gasteiger partial charge in [-0.1, -0.05) is 59.9 Å². The fourth-order valence-electron chi connectivity index (χ4n) is 3.69. The normalized spacial score (nSPS) is 11.7. The lowest BCUT2D eigenvalue weighted by Gasteiger charge is -2.20. The highest BCUT2D eigenvalue weighted by Crippen LogP contribution is 2.36. The molecule has 1 aromatic heterocycles. The van der Waals surface area contributed by atoms with E-state index in [1.165, 1.54) is 23.0 Å². The van der Waals surface area contributed by atoms with Gasteiger partial charge in [-0.25, -0.2) is 4.98 Å². The Bertz CT molecular complexity index is 1720. The molecule has 40 heavy (non-hydrogen) atoms. The van der Waals surface area contributed by atoms with Crippen molar-refractivity contribution >= 4 is 73.5 Å². The third-order valence-corrected chi connectivity index (χ3v) is 6.55. The Balaban J connectivity index is 1.65. The zero-order chi connectivity index (χ0) is 29.2. The maximum atomic E-state index is 13.4. The van der Waals surface area contributed by atoms with Gasteiger partial charge in [0, 0.05) is 32.2 Å². The van der Waals surface area contributed by atoms with E-state index in [1.807, 2.05) is 20.8 Å². The van der Waals surface area contributed by atoms with Gasteiger partial charge in [0.1, 0.15) is 5.82 Å². The molecule has 4 aromatic rings. The van der Waals surface area contributed by atoms with Crippen LogP contribution in [0.2, 0.25) is 10.0 Å². The molecule has 0 saturated heterocycles. The Morgan fingerprint density at radius 2 is 1.88 bits per heavy atom. The van der Waals surface area contributed by atoms with Crippen LogP contribution < -0.4 is 15.6 Å². The molecule has 0 spiro atoms. The van der Waals surface area contributed by atoms with Gasteiger partial charge in [0.05, 0.1) is 27.1 Å². The fraction of sp³-hybridized carbons (Fsp3) is 0.185. The second-order valence-electron chi connectivity index (χ2n) is 9.66. The molecule has 0 saturated carbocycles. The van der Waals surface area contributed by atoms with Crippen molar-refractivity contribution in [2.45, 2.75) is 26.2 Å². The third kappa shape index (κ3) is 6.67. The Kier molecular flexibility index (Phi) is 8.57. The molecule has 0 fully saturated rings. The lowest BCUT2D eigenvalue weighted by Crippen LogP contribution is -2.29. The summed E-state index contributed by atoms with van der Waals surface area (Å²) in [5, 5.41) is 19.5. The molecule has 1 N–H and O–H groups in total. The molecule has 13 heteroatoms. The van der Waals surface area contributed by atoms with Crippen molar-refractivity contribution < 1.29 is 14.5 Å². The number of hydrogen-bond acceptors (Lipinski definition) is 7. The van der Waals surface area contributed by atoms with E-state index in [1.54, 1.807) is 42.5 Å². The lowest BCUT2D eigenvalue weighted by atomic mass is 9.95. The molecular weight excluding hydrogens is 625 g/mol. The van der Waals surface area contributed by atoms with E-state index in [2.05, 4.69) is 31.3 Å². The van der Waals surface area contributed by atoms with E-state index in [0.717, 1.165) is 0 Å². The van der Waals surface area contributed by atoms with E-state index in [4.69, 9.17) is 27.9 Å². The van der Waals surface area contributed by atoms with E-state index in [9.17, 15) is 19.7 Å². The number of anilines is 1. The molecular formula is C27H22BrCl2N5O5. The van der Waals surface area contributed by atoms with E-state index in [-0.39, 0.29) is 16.3 Å². The van der Waals surface area contributed by atoms with Gasteiger partial charge >= 0.3 is 5.69 Å². The van der Waals surface area contributed by atoms with Gasteiger partial charge in [-0.15, -0.1) is 0 Å². The highest BCUT2D eigenvalue weighted by molar-refractivity contribution is 9.10. The second-order valence-corrected chi connectivity index (χ2v) is 11.4. The smallest absolute Gasteiger partial charge is 0.313 e. The fourth-order valence-corrected chi connectivity index (χ4v) is 4.45. The van der Waals surface area contributed by atoms with Crippen LogP contribution in [0.3, 0.4) is 0 Å². The summed E-state index contributed by atoms with van der Waals surface area (Å²) in [6.45, 7) is 5.15. The highest BCUT2D eigenvalue weighted by atomic mass is 79.9. The molecule has 1 heterocycles. The first-order valence-electron chi connectivity index (χ1n) is 11.8. The molecule has 10 nitrogen and oxygen atoms in total. The van der Waals surface area contributed by atoms with Crippen LogP contribution in [0.15, 0.2) is 69.0 Å². The number of fused-ring (bicyclic) bond motifs is 1. The zero-order valence-corrected chi connectivity index (χ0v) is 24.5. The quantitative estimate of drug-likeness (QED) is 0.137. The first kappa shape index (κ1) is 29.2. The van der Waals surface area contributed by atoms with Crippen molar-refractivity contribution in [3.05, 3.63) is 101 Å². The predicted octanol–water partition coefficient (Wildman–Crippen LogP) is 6.57. The van der Waals surface area contributed by atoms with Crippen molar-refractivity contribution in [2.75, 3.05) is 11.9 Å². The van der Waals surface area contributed by atoms with Crippen LogP contribution in [0.4, 0.5) is 11.4 Å². The van der Waals surface area contributed by atoms with E-state index < -0.39 is 34.1 Å². The Labute approximate surface area is 246 Å². The minimum Gasteiger partial charge on any atom is -0.476 e. The Morgan fingerprint density at radius 1 is 1.18 bits per heavy atom. The number of nitrogens with zero attached hydrogens (tertiary/aromatic N) is 4. The number of halogens is 3. The molecule has 3 aromatic carbocycles. The summed E-state index contributed by atoms with van der Waals surface area (Å²) in [5.74, 6) is -0.432. The average Bonchev–Trinajstić information content (AvgIpc) is 2.88. The van der Waals surface area contributed by atoms with Gasteiger partial charge in [-0.2, -0.15) is 9.78 Å². The lowest BCUT2D eigenvalue weighted by molar-refractivity contribution is -0.385. The maximum Gasteiger partial charge on any atom is 0.313 e. The first-order chi connectivity index (χ1) is 18.8. The number of carbonyl (C=O) groups excluding carboxylic acids is 1. The minimum atomic E-state index is -0.683. The number of nitro benzene ring substituents is 1. The standard InChI is InChI=1S/C27H22BrCl2N5O5/c1-27(2,3)26-33-21-9-4-16(28)12-19(21)25(37)34(26)31-13-15-10-20(30)24(22(11-15)35(38)39)40-14-23(36)32-18-7-5-17(29)6-8-18/h4-13H,14H2,1-3H3,(H,32,36). The van der Waals surface area contributed by atoms with Crippen LogP contribution in [0.1, 0.15) is 32.2 Å². The Morgan fingerprint density at radius 3 is 2.52 bits per heavy atom. The van der Waals surface area contributed by atoms with Crippen molar-refractivity contribution in [2.24, 2.45) is 5.10 Å². The number of nitro groups is 1. The zero-order valence-electron chi connectivity index (χ0n) is 21.4. The molecule has 1 amide bonds. The molecule has 4 rings (SSSR count). The maximum absolute atomic E-state index is 13.4. The van der Waals surface area contributed by atoms with Gasteiger partial charge in [0.2, 0.25) is 5.75 Å². The first-order valence-corrected chi connectivity index (χ1v) is 13.3. The number of hydrogen-bond donors (Lipinski definition) is 1. The second kappa shape index (κ2) is 11.7. The number of ether oxygens (including phenoxy) is 1. The van der Waals surface area contributed by atoms with Crippen molar-refractivity contribution in [3.8, 4) is 5.75 Å². The number of benzene rings is 3. The van der Waals surface area contributed by atoms with Crippen molar-refractivity contribution in [1.82, 2.24) is 9.66 Å². The van der Waals surface area contributed by atoms with Crippen LogP contribution in [-0.4, -0.2) is 33.3 Å². The van der Waals surface area contributed by atoms with Gasteiger partial charge < -0.3 is 10.1 Å². The average molecular weight is 647 g/mol. The van der Waals surface area contributed by atoms with Crippen molar-refractivity contribution in [1.29, 1.82) is 0 Å². The summed E-state index contributed by atoms with van der Waals surface area (Å²) >= 11 is 15.5. The SMILES string of the molecule is CC(C)(C)c1nc2ccc(Br)cc2c(=O)n1N=Cc1cc(Cl)c(OCC(=O)Nc2ccc(Cl)cc2)c([N+](=O)[O-])c1. The molecule has 0 atom stereocenters. The summed E-state index contributed by atoms with van der Waals surface area (Å²) in [5.41, 5.74) is -0.200. The highest BCUT2D eigenvalue weighted by Gasteiger charge is 2.24. The molecule has 0 aliphatic carbocycles. The van der Waals surface area contributed by atoms with Gasteiger partial charge in [0.25, 0.3) is 11.5 Å². The van der Waals surface area contributed by atoms with Crippen LogP contribution in [0.5, 0.6) is 5.75 Å². The summed E-state index contributed by atoms with van der Waals surface area (Å²) in [6, 6.07) is 14.2. The van der Waals surface area contributed by atoms with E-state index in [0.29, 0.717) is 31.9 Å². The third-order valence-electron chi connectivity index (χ3n) is 5.52. The van der Waals surface area contributed by atoms with Gasteiger partial charge in [0.15, 0.2) is 6.61 Å². The van der Waals surface area contributed by atoms with Crippen LogP contribution in [0, 0.1) is 10.1 Å². The molecule has 0 radical (unpaired) electrons. The summed E-state index contributed by atoms with van der Waals surface area (Å²) < 4.78 is 7.29.